The van der Waals surface area contributed by atoms with Gasteiger partial charge in [0.05, 0.1) is 11.0 Å². The number of allylic oxidation sites excluding steroid dienone is 4. The van der Waals surface area contributed by atoms with Crippen LogP contribution in [0, 0.1) is 0 Å². The number of para-hydroxylation sites is 1. The zero-order chi connectivity index (χ0) is 41.1. The van der Waals surface area contributed by atoms with E-state index in [9.17, 15) is 0 Å². The first-order valence-corrected chi connectivity index (χ1v) is 20.4. The van der Waals surface area contributed by atoms with Crippen LogP contribution in [-0.4, -0.2) is 19.5 Å². The predicted octanol–water partition coefficient (Wildman–Crippen LogP) is 14.8. The number of fused-ring (bicyclic) bond motifs is 7. The molecule has 2 heterocycles. The number of hydrogen-bond acceptors (Lipinski definition) is 3. The van der Waals surface area contributed by atoms with Gasteiger partial charge in [-0.15, -0.1) is 0 Å². The van der Waals surface area contributed by atoms with Gasteiger partial charge in [0.1, 0.15) is 0 Å². The second-order valence-electron chi connectivity index (χ2n) is 14.9. The zero-order valence-electron chi connectivity index (χ0n) is 33.5. The standard InChI is InChI=1S/C57H40N4/c1-3-20-39(4-2)44-35-45(41-23-10-6-11-24-41)37-46(36-44)56-58-55(42-25-12-7-13-26-42)59-57(60-56)61-53-32-19-18-31-51(53)49-29-16-14-27-47(49)48-28-15-17-30-50(48)52-38-43(33-34-54(52)61)40-21-8-5-9-22-40/h3-38H,1-2H2/b39-20+. The maximum absolute atomic E-state index is 5.49. The molecule has 10 rings (SSSR count). The van der Waals surface area contributed by atoms with E-state index < -0.39 is 0 Å². The molecule has 0 spiro atoms. The Morgan fingerprint density at radius 3 is 1.46 bits per heavy atom. The number of rotatable bonds is 8. The second kappa shape index (κ2) is 16.2. The lowest BCUT2D eigenvalue weighted by molar-refractivity contribution is 0.951. The third-order valence-electron chi connectivity index (χ3n) is 11.2. The topological polar surface area (TPSA) is 43.6 Å². The van der Waals surface area contributed by atoms with Gasteiger partial charge in [0, 0.05) is 21.9 Å². The van der Waals surface area contributed by atoms with Crippen molar-refractivity contribution < 1.29 is 0 Å². The highest BCUT2D eigenvalue weighted by Gasteiger charge is 2.18. The maximum Gasteiger partial charge on any atom is 0.238 e. The normalized spacial score (nSPS) is 11.5. The molecule has 0 saturated heterocycles. The van der Waals surface area contributed by atoms with Crippen molar-refractivity contribution in [3.63, 3.8) is 0 Å². The first-order valence-electron chi connectivity index (χ1n) is 20.4. The van der Waals surface area contributed by atoms with Crippen LogP contribution in [0.2, 0.25) is 0 Å². The molecule has 0 bridgehead atoms. The Kier molecular flexibility index (Phi) is 9.85. The van der Waals surface area contributed by atoms with Gasteiger partial charge in [-0.3, -0.25) is 4.57 Å². The molecule has 0 amide bonds. The van der Waals surface area contributed by atoms with E-state index in [1.54, 1.807) is 6.08 Å². The lowest BCUT2D eigenvalue weighted by Gasteiger charge is -2.16. The molecule has 0 saturated carbocycles. The third kappa shape index (κ3) is 7.07. The molecule has 10 aromatic rings. The molecule has 0 unspecified atom stereocenters. The van der Waals surface area contributed by atoms with Gasteiger partial charge >= 0.3 is 0 Å². The Hall–Kier alpha value is -8.21. The molecule has 4 heteroatoms. The van der Waals surface area contributed by atoms with Crippen LogP contribution in [0.5, 0.6) is 0 Å². The van der Waals surface area contributed by atoms with Crippen LogP contribution >= 0.6 is 0 Å². The SMILES string of the molecule is C=C/C=C(\C=C)c1cc(-c2ccccc2)cc(-c2nc(-c3ccccc3)nc(-n3c4ccccc4c4ccccc4c4ccccc4c4cc(-c5ccccc5)ccc43)n2)c1. The van der Waals surface area contributed by atoms with Gasteiger partial charge in [0.2, 0.25) is 5.95 Å². The molecule has 0 N–H and O–H groups in total. The molecule has 0 aliphatic carbocycles. The van der Waals surface area contributed by atoms with Crippen molar-refractivity contribution in [2.75, 3.05) is 0 Å². The molecular weight excluding hydrogens is 741 g/mol. The van der Waals surface area contributed by atoms with E-state index in [1.165, 1.54) is 0 Å². The first-order chi connectivity index (χ1) is 30.2. The third-order valence-corrected chi connectivity index (χ3v) is 11.2. The first kappa shape index (κ1) is 37.1. The summed E-state index contributed by atoms with van der Waals surface area (Å²) >= 11 is 0. The minimum atomic E-state index is 0.499. The van der Waals surface area contributed by atoms with Crippen LogP contribution in [0.3, 0.4) is 0 Å². The second-order valence-corrected chi connectivity index (χ2v) is 14.9. The summed E-state index contributed by atoms with van der Waals surface area (Å²) in [6, 6.07) is 70.3. The molecule has 8 aromatic carbocycles. The van der Waals surface area contributed by atoms with E-state index in [0.29, 0.717) is 17.6 Å². The van der Waals surface area contributed by atoms with Gasteiger partial charge < -0.3 is 0 Å². The maximum atomic E-state index is 5.49. The Labute approximate surface area is 355 Å². The summed E-state index contributed by atoms with van der Waals surface area (Å²) in [6.45, 7) is 8.14. The van der Waals surface area contributed by atoms with Gasteiger partial charge in [-0.05, 0) is 91.3 Å². The van der Waals surface area contributed by atoms with Gasteiger partial charge in [-0.1, -0.05) is 195 Å². The van der Waals surface area contributed by atoms with Gasteiger partial charge in [-0.25, -0.2) is 4.98 Å². The lowest BCUT2D eigenvalue weighted by atomic mass is 9.95. The van der Waals surface area contributed by atoms with Crippen LogP contribution in [0.1, 0.15) is 5.56 Å². The Balaban J connectivity index is 1.39. The van der Waals surface area contributed by atoms with E-state index in [4.69, 9.17) is 15.0 Å². The predicted molar refractivity (Wildman–Crippen MR) is 257 cm³/mol. The highest BCUT2D eigenvalue weighted by molar-refractivity contribution is 6.19. The highest BCUT2D eigenvalue weighted by atomic mass is 15.2. The largest absolute Gasteiger partial charge is 0.278 e. The van der Waals surface area contributed by atoms with Crippen molar-refractivity contribution in [3.05, 3.63) is 237 Å². The molecular formula is C57H40N4. The molecule has 2 aromatic heterocycles. The molecule has 0 aliphatic rings. The summed E-state index contributed by atoms with van der Waals surface area (Å²) < 4.78 is 2.23. The van der Waals surface area contributed by atoms with Crippen LogP contribution in [-0.2, 0) is 0 Å². The van der Waals surface area contributed by atoms with Crippen molar-refractivity contribution in [3.8, 4) is 51.0 Å². The van der Waals surface area contributed by atoms with Crippen molar-refractivity contribution in [2.45, 2.75) is 0 Å². The molecule has 4 nitrogen and oxygen atoms in total. The molecule has 61 heavy (non-hydrogen) atoms. The number of benzene rings is 8. The minimum Gasteiger partial charge on any atom is -0.278 e. The smallest absolute Gasteiger partial charge is 0.238 e. The summed E-state index contributed by atoms with van der Waals surface area (Å²) in [5.41, 5.74) is 9.94. The fourth-order valence-electron chi connectivity index (χ4n) is 8.34. The van der Waals surface area contributed by atoms with E-state index in [-0.39, 0.29) is 0 Å². The Bertz CT molecular complexity index is 3380. The van der Waals surface area contributed by atoms with E-state index >= 15 is 0 Å². The van der Waals surface area contributed by atoms with Crippen LogP contribution in [0.25, 0.3) is 99.9 Å². The van der Waals surface area contributed by atoms with Crippen molar-refractivity contribution in [2.24, 2.45) is 0 Å². The van der Waals surface area contributed by atoms with Crippen LogP contribution < -0.4 is 0 Å². The number of aromatic nitrogens is 4. The minimum absolute atomic E-state index is 0.499. The summed E-state index contributed by atoms with van der Waals surface area (Å²) in [5.74, 6) is 1.61. The molecule has 0 radical (unpaired) electrons. The van der Waals surface area contributed by atoms with Gasteiger partial charge in [0.15, 0.2) is 11.6 Å². The average molecular weight is 781 g/mol. The van der Waals surface area contributed by atoms with E-state index in [1.807, 2.05) is 36.4 Å². The highest BCUT2D eigenvalue weighted by Crippen LogP contribution is 2.37. The fourth-order valence-corrected chi connectivity index (χ4v) is 8.34. The monoisotopic (exact) mass is 780 g/mol. The Morgan fingerprint density at radius 1 is 0.377 bits per heavy atom. The number of nitrogens with zero attached hydrogens (tertiary/aromatic N) is 4. The Morgan fingerprint density at radius 2 is 0.852 bits per heavy atom. The van der Waals surface area contributed by atoms with Crippen molar-refractivity contribution >= 4 is 48.9 Å². The van der Waals surface area contributed by atoms with Crippen molar-refractivity contribution in [1.82, 2.24) is 19.5 Å². The summed E-state index contributed by atoms with van der Waals surface area (Å²) in [6.07, 6.45) is 5.63. The van der Waals surface area contributed by atoms with Gasteiger partial charge in [0.25, 0.3) is 0 Å². The van der Waals surface area contributed by atoms with Crippen molar-refractivity contribution in [1.29, 1.82) is 0 Å². The molecule has 0 aliphatic heterocycles. The summed E-state index contributed by atoms with van der Waals surface area (Å²) in [5, 5.41) is 6.67. The van der Waals surface area contributed by atoms with E-state index in [0.717, 1.165) is 87.9 Å². The van der Waals surface area contributed by atoms with E-state index in [2.05, 4.69) is 194 Å². The average Bonchev–Trinajstić information content (AvgIpc) is 3.38. The molecule has 0 fully saturated rings. The molecule has 288 valence electrons. The summed E-state index contributed by atoms with van der Waals surface area (Å²) in [7, 11) is 0. The molecule has 0 atom stereocenters. The fraction of sp³-hybridized carbons (Fsp3) is 0. The summed E-state index contributed by atoms with van der Waals surface area (Å²) in [4.78, 5) is 16.1. The number of hydrogen-bond donors (Lipinski definition) is 0. The quantitative estimate of drug-likeness (QED) is 0.144. The van der Waals surface area contributed by atoms with Crippen LogP contribution in [0.15, 0.2) is 232 Å². The van der Waals surface area contributed by atoms with Crippen LogP contribution in [0.4, 0.5) is 0 Å². The zero-order valence-corrected chi connectivity index (χ0v) is 33.5. The lowest BCUT2D eigenvalue weighted by Crippen LogP contribution is -2.08. The van der Waals surface area contributed by atoms with Gasteiger partial charge in [-0.2, -0.15) is 9.97 Å².